The Morgan fingerprint density at radius 2 is 1.73 bits per heavy atom. The van der Waals surface area contributed by atoms with Crippen molar-refractivity contribution in [3.8, 4) is 11.5 Å². The molecule has 0 aliphatic carbocycles. The van der Waals surface area contributed by atoms with E-state index >= 15 is 0 Å². The minimum Gasteiger partial charge on any atom is -0.619 e. The van der Waals surface area contributed by atoms with E-state index in [1.165, 1.54) is 18.2 Å². The Labute approximate surface area is 175 Å². The zero-order valence-corrected chi connectivity index (χ0v) is 16.8. The van der Waals surface area contributed by atoms with E-state index in [0.717, 1.165) is 30.1 Å². The van der Waals surface area contributed by atoms with Gasteiger partial charge in [-0.25, -0.2) is 8.42 Å². The van der Waals surface area contributed by atoms with E-state index in [-0.39, 0.29) is 21.4 Å². The van der Waals surface area contributed by atoms with Gasteiger partial charge in [0.25, 0.3) is 10.0 Å². The SMILES string of the molecule is Cc1ccc(S(=O)(=O)Nc2cc(C(F)(F)F)ccc2Oc2cc(Cl)c[n+]([O-])c2)cc1. The molecule has 30 heavy (non-hydrogen) atoms. The van der Waals surface area contributed by atoms with Crippen LogP contribution in [0.2, 0.25) is 5.02 Å². The van der Waals surface area contributed by atoms with E-state index in [9.17, 15) is 26.8 Å². The van der Waals surface area contributed by atoms with Crippen LogP contribution < -0.4 is 14.2 Å². The third kappa shape index (κ3) is 5.14. The number of hydrogen-bond acceptors (Lipinski definition) is 4. The minimum atomic E-state index is -4.71. The molecule has 0 spiro atoms. The van der Waals surface area contributed by atoms with Crippen LogP contribution in [0, 0.1) is 12.1 Å². The molecule has 11 heteroatoms. The summed E-state index contributed by atoms with van der Waals surface area (Å²) < 4.78 is 72.7. The Kier molecular flexibility index (Phi) is 5.82. The van der Waals surface area contributed by atoms with Gasteiger partial charge in [0, 0.05) is 6.07 Å². The van der Waals surface area contributed by atoms with Crippen molar-refractivity contribution in [2.24, 2.45) is 0 Å². The first kappa shape index (κ1) is 21.7. The van der Waals surface area contributed by atoms with Gasteiger partial charge in [-0.15, -0.1) is 0 Å². The molecule has 0 amide bonds. The predicted molar refractivity (Wildman–Crippen MR) is 104 cm³/mol. The minimum absolute atomic E-state index is 0.0243. The average molecular weight is 459 g/mol. The van der Waals surface area contributed by atoms with Crippen molar-refractivity contribution in [3.63, 3.8) is 0 Å². The Hall–Kier alpha value is -2.98. The highest BCUT2D eigenvalue weighted by molar-refractivity contribution is 7.92. The summed E-state index contributed by atoms with van der Waals surface area (Å²) in [7, 11) is -4.21. The van der Waals surface area contributed by atoms with Crippen LogP contribution in [0.25, 0.3) is 0 Å². The smallest absolute Gasteiger partial charge is 0.416 e. The lowest BCUT2D eigenvalue weighted by molar-refractivity contribution is -0.605. The molecule has 1 N–H and O–H groups in total. The van der Waals surface area contributed by atoms with E-state index in [0.29, 0.717) is 10.8 Å². The highest BCUT2D eigenvalue weighted by atomic mass is 35.5. The summed E-state index contributed by atoms with van der Waals surface area (Å²) in [6, 6.07) is 9.30. The number of halogens is 4. The fraction of sp³-hybridized carbons (Fsp3) is 0.105. The molecule has 0 fully saturated rings. The van der Waals surface area contributed by atoms with Crippen molar-refractivity contribution < 1.29 is 31.1 Å². The lowest BCUT2D eigenvalue weighted by atomic mass is 10.2. The molecule has 6 nitrogen and oxygen atoms in total. The number of pyridine rings is 1. The van der Waals surface area contributed by atoms with Crippen molar-refractivity contribution in [2.45, 2.75) is 18.0 Å². The third-order valence-electron chi connectivity index (χ3n) is 3.90. The van der Waals surface area contributed by atoms with Gasteiger partial charge in [0.05, 0.1) is 16.1 Å². The van der Waals surface area contributed by atoms with Gasteiger partial charge in [-0.2, -0.15) is 17.9 Å². The number of sulfonamides is 1. The number of hydrogen-bond donors (Lipinski definition) is 1. The van der Waals surface area contributed by atoms with Gasteiger partial charge in [-0.05, 0) is 37.3 Å². The number of aromatic nitrogens is 1. The van der Waals surface area contributed by atoms with E-state index in [2.05, 4.69) is 4.72 Å². The van der Waals surface area contributed by atoms with Crippen LogP contribution in [0.1, 0.15) is 11.1 Å². The number of aryl methyl sites for hydroxylation is 1. The van der Waals surface area contributed by atoms with Crippen LogP contribution >= 0.6 is 11.6 Å². The second kappa shape index (κ2) is 8.04. The fourth-order valence-corrected chi connectivity index (χ4v) is 3.74. The number of benzene rings is 2. The van der Waals surface area contributed by atoms with Gasteiger partial charge >= 0.3 is 6.18 Å². The second-order valence-corrected chi connectivity index (χ2v) is 8.40. The van der Waals surface area contributed by atoms with Crippen molar-refractivity contribution in [1.82, 2.24) is 0 Å². The molecule has 0 aliphatic heterocycles. The zero-order chi connectivity index (χ0) is 22.1. The maximum Gasteiger partial charge on any atom is 0.416 e. The first-order chi connectivity index (χ1) is 13.9. The molecule has 0 bridgehead atoms. The van der Waals surface area contributed by atoms with E-state index in [1.807, 2.05) is 0 Å². The monoisotopic (exact) mass is 458 g/mol. The molecule has 0 saturated heterocycles. The number of anilines is 1. The molecule has 0 aliphatic rings. The van der Waals surface area contributed by atoms with Crippen LogP contribution in [-0.2, 0) is 16.2 Å². The molecule has 0 atom stereocenters. The number of nitrogens with one attached hydrogen (secondary N) is 1. The summed E-state index contributed by atoms with van der Waals surface area (Å²) in [5, 5.41) is 11.5. The van der Waals surface area contributed by atoms with Gasteiger partial charge in [0.2, 0.25) is 6.20 Å². The van der Waals surface area contributed by atoms with Gasteiger partial charge in [0.1, 0.15) is 5.02 Å². The topological polar surface area (TPSA) is 82.3 Å². The maximum absolute atomic E-state index is 13.2. The fourth-order valence-electron chi connectivity index (χ4n) is 2.47. The Balaban J connectivity index is 2.04. The van der Waals surface area contributed by atoms with E-state index in [4.69, 9.17) is 16.3 Å². The molecular weight excluding hydrogens is 445 g/mol. The Bertz CT molecular complexity index is 1160. The first-order valence-electron chi connectivity index (χ1n) is 8.32. The average Bonchev–Trinajstić information content (AvgIpc) is 2.61. The van der Waals surface area contributed by atoms with Crippen molar-refractivity contribution in [3.05, 3.63) is 82.3 Å². The van der Waals surface area contributed by atoms with Crippen LogP contribution in [0.4, 0.5) is 18.9 Å². The third-order valence-corrected chi connectivity index (χ3v) is 5.48. The Morgan fingerprint density at radius 1 is 1.07 bits per heavy atom. The molecule has 1 aromatic heterocycles. The van der Waals surface area contributed by atoms with Gasteiger partial charge in [-0.3, -0.25) is 4.72 Å². The maximum atomic E-state index is 13.2. The van der Waals surface area contributed by atoms with E-state index in [1.54, 1.807) is 19.1 Å². The summed E-state index contributed by atoms with van der Waals surface area (Å²) in [4.78, 5) is -0.142. The lowest BCUT2D eigenvalue weighted by Crippen LogP contribution is -2.24. The van der Waals surface area contributed by atoms with Crippen LogP contribution in [0.5, 0.6) is 11.5 Å². The molecular formula is C19H14ClF3N2O4S. The van der Waals surface area contributed by atoms with Gasteiger partial charge < -0.3 is 9.94 Å². The van der Waals surface area contributed by atoms with Crippen molar-refractivity contribution in [1.29, 1.82) is 0 Å². The van der Waals surface area contributed by atoms with Crippen LogP contribution in [0.15, 0.2) is 65.8 Å². The highest BCUT2D eigenvalue weighted by Crippen LogP contribution is 2.37. The van der Waals surface area contributed by atoms with Crippen LogP contribution in [-0.4, -0.2) is 8.42 Å². The quantitative estimate of drug-likeness (QED) is 0.436. The first-order valence-corrected chi connectivity index (χ1v) is 10.2. The normalized spacial score (nSPS) is 11.9. The predicted octanol–water partition coefficient (Wildman–Crippen LogP) is 4.89. The summed E-state index contributed by atoms with van der Waals surface area (Å²) in [5.74, 6) is -0.339. The molecule has 1 heterocycles. The summed E-state index contributed by atoms with van der Waals surface area (Å²) >= 11 is 5.78. The molecule has 3 aromatic rings. The second-order valence-electron chi connectivity index (χ2n) is 6.28. The molecule has 0 unspecified atom stereocenters. The molecule has 0 saturated carbocycles. The largest absolute Gasteiger partial charge is 0.619 e. The summed E-state index contributed by atoms with van der Waals surface area (Å²) in [6.07, 6.45) is -2.68. The van der Waals surface area contributed by atoms with Crippen molar-refractivity contribution in [2.75, 3.05) is 4.72 Å². The number of ether oxygens (including phenoxy) is 1. The summed E-state index contributed by atoms with van der Waals surface area (Å²) in [5.41, 5.74) is -0.729. The highest BCUT2D eigenvalue weighted by Gasteiger charge is 2.32. The molecule has 2 aromatic carbocycles. The molecule has 3 rings (SSSR count). The van der Waals surface area contributed by atoms with Crippen LogP contribution in [0.3, 0.4) is 0 Å². The van der Waals surface area contributed by atoms with Gasteiger partial charge in [0.15, 0.2) is 17.7 Å². The van der Waals surface area contributed by atoms with E-state index < -0.39 is 27.5 Å². The van der Waals surface area contributed by atoms with Crippen molar-refractivity contribution >= 4 is 27.3 Å². The lowest BCUT2D eigenvalue weighted by Gasteiger charge is -2.16. The number of alkyl halides is 3. The number of rotatable bonds is 5. The standard InChI is InChI=1S/C19H14ClF3N2O4S/c1-12-2-5-16(6-3-12)30(27,28)24-17-8-13(19(21,22)23)4-7-18(17)29-15-9-14(20)10-25(26)11-15/h2-11,24H,1H3. The molecule has 158 valence electrons. The van der Waals surface area contributed by atoms with Gasteiger partial charge in [-0.1, -0.05) is 29.3 Å². The Morgan fingerprint density at radius 3 is 2.33 bits per heavy atom. The zero-order valence-electron chi connectivity index (χ0n) is 15.3. The molecule has 0 radical (unpaired) electrons. The number of nitrogens with zero attached hydrogens (tertiary/aromatic N) is 1. The summed E-state index contributed by atoms with van der Waals surface area (Å²) in [6.45, 7) is 1.76.